The Morgan fingerprint density at radius 3 is 2.12 bits per heavy atom. The van der Waals surface area contributed by atoms with Gasteiger partial charge >= 0.3 is 0 Å². The Balaban J connectivity index is 3.03. The molecule has 1 nitrogen and oxygen atoms in total. The van der Waals surface area contributed by atoms with Gasteiger partial charge in [0.1, 0.15) is 0 Å². The molecule has 0 saturated heterocycles. The molecule has 2 N–H and O–H groups in total. The average Bonchev–Trinajstić information content (AvgIpc) is 2.23. The largest absolute Gasteiger partial charge is 0.330 e. The molecule has 0 saturated carbocycles. The third kappa shape index (κ3) is 2.91. The van der Waals surface area contributed by atoms with E-state index in [-0.39, 0.29) is 5.41 Å². The summed E-state index contributed by atoms with van der Waals surface area (Å²) in [4.78, 5) is 0. The first-order chi connectivity index (χ1) is 7.40. The van der Waals surface area contributed by atoms with E-state index in [1.807, 2.05) is 18.2 Å². The van der Waals surface area contributed by atoms with Gasteiger partial charge in [0, 0.05) is 10.0 Å². The van der Waals surface area contributed by atoms with Crippen molar-refractivity contribution in [3.05, 3.63) is 33.8 Å². The minimum Gasteiger partial charge on any atom is -0.330 e. The Labute approximate surface area is 108 Å². The van der Waals surface area contributed by atoms with Gasteiger partial charge in [0.15, 0.2) is 0 Å². The molecular formula is C13H19Cl2N. The highest BCUT2D eigenvalue weighted by atomic mass is 35.5. The van der Waals surface area contributed by atoms with Crippen LogP contribution >= 0.6 is 23.2 Å². The second-order valence-electron chi connectivity index (χ2n) is 4.89. The van der Waals surface area contributed by atoms with E-state index in [0.717, 1.165) is 22.0 Å². The smallest absolute Gasteiger partial charge is 0.0453 e. The predicted molar refractivity (Wildman–Crippen MR) is 72.2 cm³/mol. The quantitative estimate of drug-likeness (QED) is 0.864. The second-order valence-corrected chi connectivity index (χ2v) is 5.70. The second kappa shape index (κ2) is 5.39. The van der Waals surface area contributed by atoms with E-state index in [9.17, 15) is 0 Å². The number of nitrogens with two attached hydrogens (primary N) is 1. The van der Waals surface area contributed by atoms with Crippen molar-refractivity contribution in [3.8, 4) is 0 Å². The van der Waals surface area contributed by atoms with E-state index in [1.54, 1.807) is 0 Å². The maximum absolute atomic E-state index is 6.17. The first-order valence-corrected chi connectivity index (χ1v) is 6.29. The van der Waals surface area contributed by atoms with Crippen LogP contribution in [0.4, 0.5) is 0 Å². The van der Waals surface area contributed by atoms with Crippen LogP contribution in [0.5, 0.6) is 0 Å². The summed E-state index contributed by atoms with van der Waals surface area (Å²) >= 11 is 12.3. The number of rotatable bonds is 4. The maximum Gasteiger partial charge on any atom is 0.0453 e. The maximum atomic E-state index is 6.17. The van der Waals surface area contributed by atoms with Crippen LogP contribution in [-0.4, -0.2) is 6.54 Å². The van der Waals surface area contributed by atoms with Gasteiger partial charge in [0.2, 0.25) is 0 Å². The van der Waals surface area contributed by atoms with Crippen molar-refractivity contribution in [3.63, 3.8) is 0 Å². The molecule has 90 valence electrons. The highest BCUT2D eigenvalue weighted by molar-refractivity contribution is 6.36. The van der Waals surface area contributed by atoms with Crippen LogP contribution in [0.1, 0.15) is 26.3 Å². The highest BCUT2D eigenvalue weighted by Crippen LogP contribution is 2.35. The van der Waals surface area contributed by atoms with Crippen molar-refractivity contribution in [2.45, 2.75) is 27.2 Å². The molecule has 16 heavy (non-hydrogen) atoms. The van der Waals surface area contributed by atoms with Gasteiger partial charge in [-0.1, -0.05) is 50.0 Å². The monoisotopic (exact) mass is 259 g/mol. The Hall–Kier alpha value is -0.240. The normalized spacial score (nSPS) is 15.2. The van der Waals surface area contributed by atoms with Crippen LogP contribution in [0.25, 0.3) is 0 Å². The standard InChI is InChI=1S/C13H19Cl2N/c1-9(2)13(3,8-16)7-10-11(14)5-4-6-12(10)15/h4-6,9H,7-8,16H2,1-3H3. The predicted octanol–water partition coefficient (Wildman–Crippen LogP) is 4.16. The molecule has 1 aromatic rings. The van der Waals surface area contributed by atoms with Crippen molar-refractivity contribution in [1.29, 1.82) is 0 Å². The summed E-state index contributed by atoms with van der Waals surface area (Å²) < 4.78 is 0. The van der Waals surface area contributed by atoms with Gasteiger partial charge in [-0.05, 0) is 42.0 Å². The molecule has 0 fully saturated rings. The number of halogens is 2. The third-order valence-electron chi connectivity index (χ3n) is 3.50. The van der Waals surface area contributed by atoms with Gasteiger partial charge in [-0.2, -0.15) is 0 Å². The van der Waals surface area contributed by atoms with Crippen LogP contribution in [0.15, 0.2) is 18.2 Å². The lowest BCUT2D eigenvalue weighted by atomic mass is 9.74. The molecule has 1 atom stereocenters. The average molecular weight is 260 g/mol. The first-order valence-electron chi connectivity index (χ1n) is 5.53. The molecule has 1 unspecified atom stereocenters. The summed E-state index contributed by atoms with van der Waals surface area (Å²) in [6, 6.07) is 5.61. The molecule has 0 aliphatic rings. The molecule has 3 heteroatoms. The fraction of sp³-hybridized carbons (Fsp3) is 0.538. The molecule has 0 amide bonds. The van der Waals surface area contributed by atoms with Crippen molar-refractivity contribution in [2.24, 2.45) is 17.1 Å². The summed E-state index contributed by atoms with van der Waals surface area (Å²) in [6.45, 7) is 7.17. The molecule has 1 rings (SSSR count). The summed E-state index contributed by atoms with van der Waals surface area (Å²) in [5, 5.41) is 1.46. The van der Waals surface area contributed by atoms with Crippen molar-refractivity contribution in [2.75, 3.05) is 6.54 Å². The van der Waals surface area contributed by atoms with Gasteiger partial charge in [-0.25, -0.2) is 0 Å². The summed E-state index contributed by atoms with van der Waals surface area (Å²) in [5.74, 6) is 0.491. The lowest BCUT2D eigenvalue weighted by Gasteiger charge is -2.33. The fourth-order valence-corrected chi connectivity index (χ4v) is 2.15. The van der Waals surface area contributed by atoms with Gasteiger partial charge in [-0.3, -0.25) is 0 Å². The van der Waals surface area contributed by atoms with Crippen LogP contribution in [0, 0.1) is 11.3 Å². The van der Waals surface area contributed by atoms with Crippen LogP contribution in [-0.2, 0) is 6.42 Å². The van der Waals surface area contributed by atoms with Crippen LogP contribution in [0.3, 0.4) is 0 Å². The van der Waals surface area contributed by atoms with Gasteiger partial charge in [0.25, 0.3) is 0 Å². The zero-order valence-electron chi connectivity index (χ0n) is 10.1. The van der Waals surface area contributed by atoms with Crippen LogP contribution in [0.2, 0.25) is 10.0 Å². The van der Waals surface area contributed by atoms with E-state index in [1.165, 1.54) is 0 Å². The van der Waals surface area contributed by atoms with E-state index in [0.29, 0.717) is 12.5 Å². The topological polar surface area (TPSA) is 26.0 Å². The lowest BCUT2D eigenvalue weighted by molar-refractivity contribution is 0.227. The van der Waals surface area contributed by atoms with Crippen molar-refractivity contribution >= 4 is 23.2 Å². The molecule has 1 aromatic carbocycles. The Morgan fingerprint density at radius 2 is 1.75 bits per heavy atom. The SMILES string of the molecule is CC(C)C(C)(CN)Cc1c(Cl)cccc1Cl. The van der Waals surface area contributed by atoms with E-state index >= 15 is 0 Å². The summed E-state index contributed by atoms with van der Waals surface area (Å²) in [6.07, 6.45) is 0.819. The summed E-state index contributed by atoms with van der Waals surface area (Å²) in [7, 11) is 0. The molecule has 0 spiro atoms. The Bertz CT molecular complexity index is 343. The minimum atomic E-state index is 0.0363. The third-order valence-corrected chi connectivity index (χ3v) is 4.21. The Morgan fingerprint density at radius 1 is 1.25 bits per heavy atom. The molecular weight excluding hydrogens is 241 g/mol. The molecule has 0 aromatic heterocycles. The van der Waals surface area contributed by atoms with Gasteiger partial charge in [0.05, 0.1) is 0 Å². The molecule has 0 aliphatic carbocycles. The minimum absolute atomic E-state index is 0.0363. The van der Waals surface area contributed by atoms with E-state index in [4.69, 9.17) is 28.9 Å². The molecule has 0 bridgehead atoms. The van der Waals surface area contributed by atoms with E-state index in [2.05, 4.69) is 20.8 Å². The number of hydrogen-bond donors (Lipinski definition) is 1. The summed E-state index contributed by atoms with van der Waals surface area (Å²) in [5.41, 5.74) is 6.91. The fourth-order valence-electron chi connectivity index (χ4n) is 1.62. The number of benzene rings is 1. The zero-order chi connectivity index (χ0) is 12.3. The zero-order valence-corrected chi connectivity index (χ0v) is 11.6. The van der Waals surface area contributed by atoms with Gasteiger partial charge < -0.3 is 5.73 Å². The molecule has 0 heterocycles. The lowest BCUT2D eigenvalue weighted by Crippen LogP contribution is -2.34. The van der Waals surface area contributed by atoms with Crippen molar-refractivity contribution < 1.29 is 0 Å². The molecule has 0 aliphatic heterocycles. The number of hydrogen-bond acceptors (Lipinski definition) is 1. The van der Waals surface area contributed by atoms with Gasteiger partial charge in [-0.15, -0.1) is 0 Å². The first kappa shape index (κ1) is 13.8. The van der Waals surface area contributed by atoms with Crippen LogP contribution < -0.4 is 5.73 Å². The Kier molecular flexibility index (Phi) is 4.66. The molecule has 0 radical (unpaired) electrons. The highest BCUT2D eigenvalue weighted by Gasteiger charge is 2.28. The van der Waals surface area contributed by atoms with Crippen molar-refractivity contribution in [1.82, 2.24) is 0 Å². The van der Waals surface area contributed by atoms with E-state index < -0.39 is 0 Å².